The molecule has 0 aliphatic carbocycles. The van der Waals surface area contributed by atoms with Gasteiger partial charge in [0.15, 0.2) is 0 Å². The molecule has 0 bridgehead atoms. The Labute approximate surface area is 101 Å². The van der Waals surface area contributed by atoms with Crippen molar-refractivity contribution >= 4 is 17.5 Å². The third kappa shape index (κ3) is 2.95. The smallest absolute Gasteiger partial charge is 0.254 e. The number of amides is 1. The number of nitrogens with zero attached hydrogens (tertiary/aromatic N) is 2. The SMILES string of the molecule is CC(C)C(C)N(C)C(=O)c1ccnc(Cl)c1. The summed E-state index contributed by atoms with van der Waals surface area (Å²) in [6.07, 6.45) is 1.55. The Hall–Kier alpha value is -1.09. The summed E-state index contributed by atoms with van der Waals surface area (Å²) < 4.78 is 0. The van der Waals surface area contributed by atoms with E-state index in [2.05, 4.69) is 18.8 Å². The maximum Gasteiger partial charge on any atom is 0.254 e. The number of pyridine rings is 1. The van der Waals surface area contributed by atoms with Gasteiger partial charge in [0.25, 0.3) is 5.91 Å². The number of rotatable bonds is 3. The average Bonchev–Trinajstić information content (AvgIpc) is 2.26. The van der Waals surface area contributed by atoms with Crippen LogP contribution in [0.1, 0.15) is 31.1 Å². The lowest BCUT2D eigenvalue weighted by molar-refractivity contribution is 0.0707. The molecule has 1 atom stereocenters. The van der Waals surface area contributed by atoms with Crippen LogP contribution in [0.4, 0.5) is 0 Å². The van der Waals surface area contributed by atoms with Crippen molar-refractivity contribution in [3.05, 3.63) is 29.0 Å². The molecule has 0 saturated heterocycles. The Bertz CT molecular complexity index is 379. The minimum absolute atomic E-state index is 0.0227. The van der Waals surface area contributed by atoms with Crippen molar-refractivity contribution in [1.82, 2.24) is 9.88 Å². The predicted octanol–water partition coefficient (Wildman–Crippen LogP) is 2.85. The third-order valence-corrected chi connectivity index (χ3v) is 3.08. The van der Waals surface area contributed by atoms with E-state index in [-0.39, 0.29) is 11.9 Å². The molecule has 0 N–H and O–H groups in total. The topological polar surface area (TPSA) is 33.2 Å². The number of carbonyl (C=O) groups excluding carboxylic acids is 1. The third-order valence-electron chi connectivity index (χ3n) is 2.87. The van der Waals surface area contributed by atoms with E-state index in [9.17, 15) is 4.79 Å². The molecule has 3 nitrogen and oxygen atoms in total. The highest BCUT2D eigenvalue weighted by molar-refractivity contribution is 6.29. The zero-order chi connectivity index (χ0) is 12.3. The molecule has 1 rings (SSSR count). The molecule has 4 heteroatoms. The second-order valence-corrected chi connectivity index (χ2v) is 4.66. The maximum atomic E-state index is 12.1. The summed E-state index contributed by atoms with van der Waals surface area (Å²) in [6, 6.07) is 3.46. The van der Waals surface area contributed by atoms with Crippen LogP contribution >= 0.6 is 11.6 Å². The quantitative estimate of drug-likeness (QED) is 0.762. The summed E-state index contributed by atoms with van der Waals surface area (Å²) in [6.45, 7) is 6.22. The van der Waals surface area contributed by atoms with Crippen LogP contribution in [0.25, 0.3) is 0 Å². The van der Waals surface area contributed by atoms with Crippen LogP contribution in [0.5, 0.6) is 0 Å². The van der Waals surface area contributed by atoms with Crippen LogP contribution in [0.15, 0.2) is 18.3 Å². The number of hydrogen-bond donors (Lipinski definition) is 0. The summed E-state index contributed by atoms with van der Waals surface area (Å²) >= 11 is 5.75. The fraction of sp³-hybridized carbons (Fsp3) is 0.500. The van der Waals surface area contributed by atoms with E-state index in [0.29, 0.717) is 16.6 Å². The van der Waals surface area contributed by atoms with Gasteiger partial charge < -0.3 is 4.90 Å². The monoisotopic (exact) mass is 240 g/mol. The maximum absolute atomic E-state index is 12.1. The van der Waals surface area contributed by atoms with Gasteiger partial charge in [-0.1, -0.05) is 25.4 Å². The normalized spacial score (nSPS) is 12.6. The highest BCUT2D eigenvalue weighted by Gasteiger charge is 2.19. The fourth-order valence-electron chi connectivity index (χ4n) is 1.37. The summed E-state index contributed by atoms with van der Waals surface area (Å²) in [5, 5.41) is 0.344. The van der Waals surface area contributed by atoms with Gasteiger partial charge in [-0.05, 0) is 25.0 Å². The van der Waals surface area contributed by atoms with Gasteiger partial charge in [-0.25, -0.2) is 4.98 Å². The van der Waals surface area contributed by atoms with Crippen LogP contribution in [0, 0.1) is 5.92 Å². The lowest BCUT2D eigenvalue weighted by Crippen LogP contribution is -2.38. The van der Waals surface area contributed by atoms with Gasteiger partial charge in [0.1, 0.15) is 5.15 Å². The van der Waals surface area contributed by atoms with Gasteiger partial charge in [-0.15, -0.1) is 0 Å². The number of halogens is 1. The molecular weight excluding hydrogens is 224 g/mol. The molecule has 1 heterocycles. The molecule has 1 aromatic rings. The molecule has 0 fully saturated rings. The van der Waals surface area contributed by atoms with Crippen LogP contribution in [-0.4, -0.2) is 28.9 Å². The number of aromatic nitrogens is 1. The molecule has 1 aromatic heterocycles. The number of carbonyl (C=O) groups is 1. The minimum Gasteiger partial charge on any atom is -0.339 e. The summed E-state index contributed by atoms with van der Waals surface area (Å²) in [5.41, 5.74) is 0.579. The standard InChI is InChI=1S/C12H17ClN2O/c1-8(2)9(3)15(4)12(16)10-5-6-14-11(13)7-10/h5-9H,1-4H3. The second-order valence-electron chi connectivity index (χ2n) is 4.27. The summed E-state index contributed by atoms with van der Waals surface area (Å²) in [4.78, 5) is 17.7. The minimum atomic E-state index is -0.0227. The van der Waals surface area contributed by atoms with Crippen LogP contribution in [-0.2, 0) is 0 Å². The van der Waals surface area contributed by atoms with Crippen molar-refractivity contribution in [2.24, 2.45) is 5.92 Å². The largest absolute Gasteiger partial charge is 0.339 e. The average molecular weight is 241 g/mol. The molecule has 88 valence electrons. The first-order chi connectivity index (χ1) is 7.43. The zero-order valence-electron chi connectivity index (χ0n) is 10.1. The highest BCUT2D eigenvalue weighted by atomic mass is 35.5. The van der Waals surface area contributed by atoms with Gasteiger partial charge in [0.05, 0.1) is 0 Å². The first-order valence-corrected chi connectivity index (χ1v) is 5.70. The fourth-order valence-corrected chi connectivity index (χ4v) is 1.55. The Kier molecular flexibility index (Phi) is 4.30. The highest BCUT2D eigenvalue weighted by Crippen LogP contribution is 2.14. The van der Waals surface area contributed by atoms with E-state index in [4.69, 9.17) is 11.6 Å². The first-order valence-electron chi connectivity index (χ1n) is 5.32. The Balaban J connectivity index is 2.86. The van der Waals surface area contributed by atoms with Crippen molar-refractivity contribution < 1.29 is 4.79 Å². The van der Waals surface area contributed by atoms with Gasteiger partial charge in [-0.3, -0.25) is 4.79 Å². The zero-order valence-corrected chi connectivity index (χ0v) is 10.8. The summed E-state index contributed by atoms with van der Waals surface area (Å²) in [5.74, 6) is 0.400. The number of hydrogen-bond acceptors (Lipinski definition) is 2. The van der Waals surface area contributed by atoms with Gasteiger partial charge in [0, 0.05) is 24.8 Å². The van der Waals surface area contributed by atoms with Crippen LogP contribution < -0.4 is 0 Å². The van der Waals surface area contributed by atoms with Gasteiger partial charge in [-0.2, -0.15) is 0 Å². The second kappa shape index (κ2) is 5.30. The van der Waals surface area contributed by atoms with Crippen LogP contribution in [0.3, 0.4) is 0 Å². The van der Waals surface area contributed by atoms with E-state index >= 15 is 0 Å². The lowest BCUT2D eigenvalue weighted by atomic mass is 10.0. The van der Waals surface area contributed by atoms with E-state index in [1.807, 2.05) is 6.92 Å². The van der Waals surface area contributed by atoms with Crippen molar-refractivity contribution in [3.63, 3.8) is 0 Å². The van der Waals surface area contributed by atoms with Crippen molar-refractivity contribution in [2.75, 3.05) is 7.05 Å². The molecular formula is C12H17ClN2O. The predicted molar refractivity (Wildman–Crippen MR) is 65.6 cm³/mol. The van der Waals surface area contributed by atoms with E-state index in [0.717, 1.165) is 0 Å². The van der Waals surface area contributed by atoms with Crippen LogP contribution in [0.2, 0.25) is 5.15 Å². The molecule has 0 aliphatic rings. The molecule has 1 unspecified atom stereocenters. The molecule has 0 aromatic carbocycles. The van der Waals surface area contributed by atoms with Crippen molar-refractivity contribution in [2.45, 2.75) is 26.8 Å². The first kappa shape index (κ1) is 13.0. The molecule has 0 saturated carbocycles. The summed E-state index contributed by atoms with van der Waals surface area (Å²) in [7, 11) is 1.81. The van der Waals surface area contributed by atoms with Gasteiger partial charge in [0.2, 0.25) is 0 Å². The Morgan fingerprint density at radius 2 is 2.06 bits per heavy atom. The molecule has 16 heavy (non-hydrogen) atoms. The van der Waals surface area contributed by atoms with E-state index < -0.39 is 0 Å². The van der Waals surface area contributed by atoms with E-state index in [1.54, 1.807) is 30.3 Å². The Morgan fingerprint density at radius 1 is 1.44 bits per heavy atom. The molecule has 0 spiro atoms. The van der Waals surface area contributed by atoms with Crippen molar-refractivity contribution in [3.8, 4) is 0 Å². The van der Waals surface area contributed by atoms with E-state index in [1.165, 1.54) is 0 Å². The molecule has 1 amide bonds. The molecule has 0 aliphatic heterocycles. The van der Waals surface area contributed by atoms with Gasteiger partial charge >= 0.3 is 0 Å². The molecule has 0 radical (unpaired) electrons. The Morgan fingerprint density at radius 3 is 2.56 bits per heavy atom. The lowest BCUT2D eigenvalue weighted by Gasteiger charge is -2.28. The van der Waals surface area contributed by atoms with Crippen molar-refractivity contribution in [1.29, 1.82) is 0 Å².